The van der Waals surface area contributed by atoms with Gasteiger partial charge in [0.05, 0.1) is 25.9 Å². The van der Waals surface area contributed by atoms with Crippen LogP contribution in [0.25, 0.3) is 0 Å². The number of esters is 1. The molecule has 3 rings (SSSR count). The number of nitrogens with zero attached hydrogens (tertiary/aromatic N) is 2. The Morgan fingerprint density at radius 2 is 2.09 bits per heavy atom. The van der Waals surface area contributed by atoms with Crippen LogP contribution in [0.5, 0.6) is 11.6 Å². The molecule has 0 radical (unpaired) electrons. The van der Waals surface area contributed by atoms with Gasteiger partial charge in [-0.2, -0.15) is 4.37 Å². The Hall–Kier alpha value is -3.03. The van der Waals surface area contributed by atoms with Crippen molar-refractivity contribution in [3.63, 3.8) is 0 Å². The number of nitrogens with one attached hydrogen (secondary N) is 2. The van der Waals surface area contributed by atoms with Crippen LogP contribution in [0.4, 0.5) is 18.6 Å². The van der Waals surface area contributed by atoms with E-state index in [4.69, 9.17) is 14.2 Å². The zero-order chi connectivity index (χ0) is 25.4. The van der Waals surface area contributed by atoms with E-state index in [0.29, 0.717) is 13.1 Å². The van der Waals surface area contributed by atoms with Crippen LogP contribution in [-0.4, -0.2) is 72.9 Å². The van der Waals surface area contributed by atoms with Crippen LogP contribution in [0.1, 0.15) is 35.2 Å². The summed E-state index contributed by atoms with van der Waals surface area (Å²) in [5, 5.41) is 14.8. The summed E-state index contributed by atoms with van der Waals surface area (Å²) in [5.74, 6) is -3.00. The minimum absolute atomic E-state index is 0.0713. The number of hydrogen-bond donors (Lipinski definition) is 3. The van der Waals surface area contributed by atoms with Gasteiger partial charge >= 0.3 is 12.0 Å². The number of carbonyl (C=O) groups excluding carboxylic acids is 2. The summed E-state index contributed by atoms with van der Waals surface area (Å²) < 4.78 is 47.5. The number of β-amino-alcohol motifs (C(OH)–C–C–N with tert-alkyl or cyclic N) is 1. The van der Waals surface area contributed by atoms with Crippen molar-refractivity contribution in [2.75, 3.05) is 45.7 Å². The summed E-state index contributed by atoms with van der Waals surface area (Å²) in [6.07, 6.45) is 2.12. The van der Waals surface area contributed by atoms with Crippen molar-refractivity contribution in [3.05, 3.63) is 34.9 Å². The molecular formula is C22H28F2N4O6S. The topological polar surface area (TPSA) is 122 Å². The van der Waals surface area contributed by atoms with Crippen molar-refractivity contribution < 1.29 is 37.7 Å². The number of methoxy groups -OCH3 is 2. The van der Waals surface area contributed by atoms with E-state index in [2.05, 4.69) is 19.9 Å². The molecule has 10 nitrogen and oxygen atoms in total. The van der Waals surface area contributed by atoms with Gasteiger partial charge in [0.2, 0.25) is 5.88 Å². The average molecular weight is 515 g/mol. The second-order valence-corrected chi connectivity index (χ2v) is 8.62. The van der Waals surface area contributed by atoms with Crippen LogP contribution in [0.2, 0.25) is 0 Å². The quantitative estimate of drug-likeness (QED) is 0.309. The van der Waals surface area contributed by atoms with Crippen molar-refractivity contribution in [2.24, 2.45) is 0 Å². The van der Waals surface area contributed by atoms with E-state index in [1.54, 1.807) is 0 Å². The lowest BCUT2D eigenvalue weighted by atomic mass is 10.2. The predicted octanol–water partition coefficient (Wildman–Crippen LogP) is 2.76. The number of benzene rings is 1. The van der Waals surface area contributed by atoms with Gasteiger partial charge in [-0.15, -0.1) is 0 Å². The van der Waals surface area contributed by atoms with Crippen molar-refractivity contribution in [3.8, 4) is 11.6 Å². The zero-order valence-electron chi connectivity index (χ0n) is 19.4. The number of unbranched alkanes of at least 4 members (excludes halogenated alkanes) is 1. The van der Waals surface area contributed by atoms with Gasteiger partial charge < -0.3 is 29.5 Å². The van der Waals surface area contributed by atoms with Crippen LogP contribution in [0, 0.1) is 11.6 Å². The van der Waals surface area contributed by atoms with Gasteiger partial charge in [0, 0.05) is 19.6 Å². The van der Waals surface area contributed by atoms with Gasteiger partial charge in [0.15, 0.2) is 17.1 Å². The van der Waals surface area contributed by atoms with Gasteiger partial charge in [-0.25, -0.2) is 18.4 Å². The molecule has 13 heteroatoms. The number of halogens is 2. The van der Waals surface area contributed by atoms with Gasteiger partial charge in [-0.05, 0) is 49.5 Å². The van der Waals surface area contributed by atoms with Gasteiger partial charge in [-0.3, -0.25) is 5.32 Å². The number of urea groups is 1. The van der Waals surface area contributed by atoms with E-state index < -0.39 is 35.8 Å². The van der Waals surface area contributed by atoms with Crippen molar-refractivity contribution in [2.45, 2.75) is 32.0 Å². The molecule has 1 atom stereocenters. The van der Waals surface area contributed by atoms with E-state index in [-0.39, 0.29) is 28.3 Å². The molecule has 0 aliphatic carbocycles. The number of anilines is 1. The summed E-state index contributed by atoms with van der Waals surface area (Å²) in [6, 6.07) is 1.63. The number of amides is 2. The number of rotatable bonds is 11. The standard InChI is InChI=1S/C22H28F2N4O6S/c1-32-16-6-5-15(23)14(18(16)24)12-34-19-17(21(30)33-2)20(35-27-19)26-22(31)25-8-3-4-9-28-10-7-13(29)11-28/h5-6,13,29H,3-4,7-12H2,1-2H3,(H2,25,26,31)/t13-/m0/s1. The molecule has 1 saturated heterocycles. The summed E-state index contributed by atoms with van der Waals surface area (Å²) in [7, 11) is 2.40. The van der Waals surface area contributed by atoms with E-state index in [1.807, 2.05) is 0 Å². The Bertz CT molecular complexity index is 1040. The molecule has 0 saturated carbocycles. The third-order valence-corrected chi connectivity index (χ3v) is 6.18. The molecule has 1 aromatic heterocycles. The maximum Gasteiger partial charge on any atom is 0.346 e. The zero-order valence-corrected chi connectivity index (χ0v) is 20.3. The molecule has 1 aliphatic rings. The molecule has 1 fully saturated rings. The number of ether oxygens (including phenoxy) is 3. The first-order valence-corrected chi connectivity index (χ1v) is 11.8. The fourth-order valence-electron chi connectivity index (χ4n) is 3.57. The number of carbonyl (C=O) groups is 2. The largest absolute Gasteiger partial charge is 0.494 e. The molecule has 3 N–H and O–H groups in total. The summed E-state index contributed by atoms with van der Waals surface area (Å²) in [6.45, 7) is 2.24. The molecule has 1 aromatic carbocycles. The highest BCUT2D eigenvalue weighted by molar-refractivity contribution is 7.11. The van der Waals surface area contributed by atoms with Crippen LogP contribution >= 0.6 is 11.5 Å². The van der Waals surface area contributed by atoms with Crippen LogP contribution in [0.3, 0.4) is 0 Å². The molecule has 0 unspecified atom stereocenters. The van der Waals surface area contributed by atoms with Crippen LogP contribution in [-0.2, 0) is 11.3 Å². The number of hydrogen-bond acceptors (Lipinski definition) is 9. The minimum Gasteiger partial charge on any atom is -0.494 e. The van der Waals surface area contributed by atoms with E-state index >= 15 is 0 Å². The Balaban J connectivity index is 1.56. The predicted molar refractivity (Wildman–Crippen MR) is 124 cm³/mol. The summed E-state index contributed by atoms with van der Waals surface area (Å²) >= 11 is 0.770. The molecule has 1 aliphatic heterocycles. The lowest BCUT2D eigenvalue weighted by Crippen LogP contribution is -2.30. The summed E-state index contributed by atoms with van der Waals surface area (Å²) in [4.78, 5) is 26.8. The Labute approximate surface area is 205 Å². The van der Waals surface area contributed by atoms with Crippen molar-refractivity contribution >= 4 is 28.5 Å². The number of aliphatic hydroxyl groups is 1. The Kier molecular flexibility index (Phi) is 9.57. The highest BCUT2D eigenvalue weighted by atomic mass is 32.1. The van der Waals surface area contributed by atoms with Gasteiger partial charge in [-0.1, -0.05) is 0 Å². The number of likely N-dealkylation sites (tertiary alicyclic amines) is 1. The second-order valence-electron chi connectivity index (χ2n) is 7.85. The SMILES string of the molecule is COC(=O)c1c(OCc2c(F)ccc(OC)c2F)nsc1NC(=O)NCCCCN1CC[C@H](O)C1. The Morgan fingerprint density at radius 3 is 2.77 bits per heavy atom. The van der Waals surface area contributed by atoms with E-state index in [0.717, 1.165) is 63.1 Å². The molecule has 2 aromatic rings. The number of aliphatic hydroxyl groups excluding tert-OH is 1. The highest BCUT2D eigenvalue weighted by Gasteiger charge is 2.26. The smallest absolute Gasteiger partial charge is 0.346 e. The maximum atomic E-state index is 14.4. The molecule has 2 amide bonds. The van der Waals surface area contributed by atoms with Crippen LogP contribution < -0.4 is 20.1 Å². The first-order chi connectivity index (χ1) is 16.8. The normalized spacial score (nSPS) is 15.6. The minimum atomic E-state index is -0.930. The van der Waals surface area contributed by atoms with Gasteiger partial charge in [0.25, 0.3) is 0 Å². The second kappa shape index (κ2) is 12.6. The highest BCUT2D eigenvalue weighted by Crippen LogP contribution is 2.32. The lowest BCUT2D eigenvalue weighted by molar-refractivity contribution is 0.0596. The third kappa shape index (κ3) is 6.99. The van der Waals surface area contributed by atoms with E-state index in [9.17, 15) is 23.5 Å². The lowest BCUT2D eigenvalue weighted by Gasteiger charge is -2.14. The molecule has 0 spiro atoms. The maximum absolute atomic E-state index is 14.4. The first kappa shape index (κ1) is 26.6. The number of aromatic nitrogens is 1. The van der Waals surface area contributed by atoms with Crippen molar-refractivity contribution in [1.82, 2.24) is 14.6 Å². The average Bonchev–Trinajstić information content (AvgIpc) is 3.43. The molecule has 192 valence electrons. The summed E-state index contributed by atoms with van der Waals surface area (Å²) in [5.41, 5.74) is -0.562. The van der Waals surface area contributed by atoms with E-state index in [1.165, 1.54) is 7.11 Å². The fraction of sp³-hybridized carbons (Fsp3) is 0.500. The van der Waals surface area contributed by atoms with Gasteiger partial charge in [0.1, 0.15) is 17.4 Å². The Morgan fingerprint density at radius 1 is 1.29 bits per heavy atom. The van der Waals surface area contributed by atoms with Crippen molar-refractivity contribution in [1.29, 1.82) is 0 Å². The molecule has 2 heterocycles. The molecule has 35 heavy (non-hydrogen) atoms. The molecule has 0 bridgehead atoms. The monoisotopic (exact) mass is 514 g/mol. The third-order valence-electron chi connectivity index (χ3n) is 5.44. The molecular weight excluding hydrogens is 486 g/mol. The van der Waals surface area contributed by atoms with Crippen LogP contribution in [0.15, 0.2) is 12.1 Å². The first-order valence-electron chi connectivity index (χ1n) is 11.0. The fourth-order valence-corrected chi connectivity index (χ4v) is 4.29.